The second kappa shape index (κ2) is 19.3. The summed E-state index contributed by atoms with van der Waals surface area (Å²) in [6.45, 7) is 10.1. The Morgan fingerprint density at radius 2 is 0.945 bits per heavy atom. The smallest absolute Gasteiger partial charge is 0.246 e. The van der Waals surface area contributed by atoms with Crippen LogP contribution in [-0.4, -0.2) is 90.5 Å². The number of hydrogen-bond donors (Lipinski definition) is 4. The van der Waals surface area contributed by atoms with Gasteiger partial charge in [-0.15, -0.1) is 11.3 Å². The van der Waals surface area contributed by atoms with Crippen LogP contribution >= 0.6 is 11.3 Å². The van der Waals surface area contributed by atoms with E-state index in [9.17, 15) is 45.7 Å². The van der Waals surface area contributed by atoms with Crippen LogP contribution in [0.5, 0.6) is 0 Å². The molecule has 302 valence electrons. The first-order valence-electron chi connectivity index (χ1n) is 18.2. The van der Waals surface area contributed by atoms with E-state index in [2.05, 4.69) is 0 Å². The van der Waals surface area contributed by atoms with Gasteiger partial charge in [-0.3, -0.25) is 30.3 Å². The van der Waals surface area contributed by atoms with Crippen LogP contribution in [0, 0.1) is 48.1 Å². The molecule has 0 aliphatic carbocycles. The Kier molecular flexibility index (Phi) is 15.3. The van der Waals surface area contributed by atoms with E-state index in [1.54, 1.807) is 65.8 Å². The summed E-state index contributed by atoms with van der Waals surface area (Å²) in [7, 11) is 0. The Hall–Kier alpha value is -3.94. The molecule has 3 saturated heterocycles. The van der Waals surface area contributed by atoms with Crippen molar-refractivity contribution in [2.75, 3.05) is 0 Å². The molecule has 55 heavy (non-hydrogen) atoms. The molecule has 3 aromatic rings. The third kappa shape index (κ3) is 10.1. The second-order valence-corrected chi connectivity index (χ2v) is 15.5. The molecule has 6 rings (SSSR count). The summed E-state index contributed by atoms with van der Waals surface area (Å²) in [5.41, 5.74) is 2.41. The van der Waals surface area contributed by atoms with Gasteiger partial charge in [0.1, 0.15) is 18.3 Å². The highest BCUT2D eigenvalue weighted by Gasteiger charge is 2.51. The number of aliphatic hydroxyl groups is 4. The lowest BCUT2D eigenvalue weighted by atomic mass is 9.77. The van der Waals surface area contributed by atoms with Gasteiger partial charge in [-0.2, -0.15) is 0 Å². The highest BCUT2D eigenvalue weighted by Crippen LogP contribution is 2.42. The van der Waals surface area contributed by atoms with Crippen LogP contribution in [0.2, 0.25) is 0 Å². The molecule has 4 N–H and O–H groups in total. The maximum Gasteiger partial charge on any atom is 0.246 e. The van der Waals surface area contributed by atoms with Crippen LogP contribution in [0.15, 0.2) is 72.1 Å². The molecule has 4 heterocycles. The van der Waals surface area contributed by atoms with E-state index in [1.807, 2.05) is 47.8 Å². The number of benzene rings is 2. The minimum absolute atomic E-state index is 0.0682. The lowest BCUT2D eigenvalue weighted by Crippen LogP contribution is -2.51. The number of nitro groups is 3. The van der Waals surface area contributed by atoms with Crippen molar-refractivity contribution in [3.05, 3.63) is 124 Å². The molecule has 0 amide bonds. The van der Waals surface area contributed by atoms with Gasteiger partial charge < -0.3 is 34.6 Å². The van der Waals surface area contributed by atoms with Crippen LogP contribution in [0.3, 0.4) is 0 Å². The van der Waals surface area contributed by atoms with Crippen LogP contribution < -0.4 is 0 Å². The zero-order valence-corrected chi connectivity index (χ0v) is 32.3. The standard InChI is InChI=1S/C14H19NO5.C13H17NO4.C11H15NO4S/c1-8-12(11-5-3-10(7-16)4-6-11)13(15(18)19)9(2)20-14(8)17;1-8-11(10-6-4-3-5-7-10)12(14(16)17)9(2)18-13(8)15;1-6-9(8-4-3-5-17-8)10(12(14)15)7(2)16-11(6)13/h3-6,8-9,12-14,16-17H,7H2,1-2H3;3-9,11-13,15H,1-2H3;3-7,9-11,13H,1-2H3/t8-,9+,12+,13-,14?;8-,9+,11+,12-,13?;6-,7+,9+,10-,11?/m111/s1. The van der Waals surface area contributed by atoms with E-state index in [1.165, 1.54) is 11.3 Å². The van der Waals surface area contributed by atoms with Crippen molar-refractivity contribution in [3.63, 3.8) is 0 Å². The van der Waals surface area contributed by atoms with Crippen molar-refractivity contribution in [2.24, 2.45) is 17.8 Å². The van der Waals surface area contributed by atoms with Crippen molar-refractivity contribution in [3.8, 4) is 0 Å². The molecule has 3 fully saturated rings. The molecular weight excluding hydrogens is 738 g/mol. The van der Waals surface area contributed by atoms with Gasteiger partial charge in [0.2, 0.25) is 18.1 Å². The van der Waals surface area contributed by atoms with E-state index < -0.39 is 61.2 Å². The first-order valence-corrected chi connectivity index (χ1v) is 19.1. The summed E-state index contributed by atoms with van der Waals surface area (Å²) in [5, 5.41) is 74.2. The van der Waals surface area contributed by atoms with E-state index in [-0.39, 0.29) is 51.0 Å². The highest BCUT2D eigenvalue weighted by atomic mass is 32.1. The quantitative estimate of drug-likeness (QED) is 0.184. The first-order chi connectivity index (χ1) is 26.0. The number of ether oxygens (including phenoxy) is 3. The fourth-order valence-electron chi connectivity index (χ4n) is 7.95. The topological polar surface area (TPSA) is 238 Å². The maximum atomic E-state index is 11.3. The van der Waals surface area contributed by atoms with Crippen molar-refractivity contribution >= 4 is 11.3 Å². The zero-order valence-electron chi connectivity index (χ0n) is 31.5. The molecule has 17 heteroatoms. The zero-order chi connectivity index (χ0) is 40.7. The molecule has 3 aliphatic rings. The molecule has 1 aromatic heterocycles. The van der Waals surface area contributed by atoms with Gasteiger partial charge in [0.25, 0.3) is 0 Å². The molecule has 3 aliphatic heterocycles. The first kappa shape index (κ1) is 43.8. The molecule has 0 radical (unpaired) electrons. The Labute approximate surface area is 323 Å². The largest absolute Gasteiger partial charge is 0.392 e. The van der Waals surface area contributed by atoms with Gasteiger partial charge in [0.05, 0.1) is 24.4 Å². The molecule has 3 unspecified atom stereocenters. The number of aliphatic hydroxyl groups excluding tert-OH is 4. The molecule has 15 atom stereocenters. The third-order valence-electron chi connectivity index (χ3n) is 11.0. The summed E-state index contributed by atoms with van der Waals surface area (Å²) in [4.78, 5) is 33.8. The molecule has 0 spiro atoms. The fourth-order valence-corrected chi connectivity index (χ4v) is 8.93. The summed E-state index contributed by atoms with van der Waals surface area (Å²) in [5.74, 6) is -2.00. The fraction of sp³-hybridized carbons (Fsp3) is 0.579. The van der Waals surface area contributed by atoms with Crippen molar-refractivity contribution < 1.29 is 49.4 Å². The van der Waals surface area contributed by atoms with Crippen LogP contribution in [-0.2, 0) is 20.8 Å². The van der Waals surface area contributed by atoms with Crippen molar-refractivity contribution in [1.82, 2.24) is 0 Å². The van der Waals surface area contributed by atoms with Gasteiger partial charge in [-0.25, -0.2) is 0 Å². The average molecular weight is 790 g/mol. The maximum absolute atomic E-state index is 11.3. The minimum Gasteiger partial charge on any atom is -0.392 e. The number of rotatable bonds is 7. The lowest BCUT2D eigenvalue weighted by Gasteiger charge is -2.38. The van der Waals surface area contributed by atoms with Crippen molar-refractivity contribution in [2.45, 2.75) is 121 Å². The van der Waals surface area contributed by atoms with E-state index in [4.69, 9.17) is 19.3 Å². The van der Waals surface area contributed by atoms with Crippen LogP contribution in [0.1, 0.15) is 80.9 Å². The predicted octanol–water partition coefficient (Wildman–Crippen LogP) is 4.92. The highest BCUT2D eigenvalue weighted by molar-refractivity contribution is 7.10. The monoisotopic (exact) mass is 789 g/mol. The SMILES string of the molecule is C[C@@H]1OC(O)[C@H](C)[C@@H](c2ccc(CO)cc2)[C@@H]1[N+](=O)[O-].C[C@@H]1OC(O)[C@H](C)[C@@H](c2ccccc2)[C@@H]1[N+](=O)[O-].C[C@@H]1OC(O)[C@H](C)[C@@H](c2cccs2)[C@@H]1[N+](=O)[O-]. The Bertz CT molecular complexity index is 1680. The summed E-state index contributed by atoms with van der Waals surface area (Å²) < 4.78 is 15.7. The molecule has 16 nitrogen and oxygen atoms in total. The van der Waals surface area contributed by atoms with Gasteiger partial charge in [-0.1, -0.05) is 81.4 Å². The van der Waals surface area contributed by atoms with Gasteiger partial charge >= 0.3 is 0 Å². The number of nitrogens with zero attached hydrogens (tertiary/aromatic N) is 3. The van der Waals surface area contributed by atoms with Crippen molar-refractivity contribution in [1.29, 1.82) is 0 Å². The number of thiophene rings is 1. The molecular formula is C38H51N3O13S. The predicted molar refractivity (Wildman–Crippen MR) is 201 cm³/mol. The van der Waals surface area contributed by atoms with Gasteiger partial charge in [-0.05, 0) is 48.9 Å². The Morgan fingerprint density at radius 3 is 1.31 bits per heavy atom. The normalized spacial score (nSPS) is 35.9. The van der Waals surface area contributed by atoms with E-state index in [0.29, 0.717) is 0 Å². The van der Waals surface area contributed by atoms with Crippen LogP contribution in [0.4, 0.5) is 0 Å². The van der Waals surface area contributed by atoms with E-state index >= 15 is 0 Å². The molecule has 0 saturated carbocycles. The second-order valence-electron chi connectivity index (χ2n) is 14.5. The summed E-state index contributed by atoms with van der Waals surface area (Å²) in [6, 6.07) is 17.6. The Morgan fingerprint density at radius 1 is 0.564 bits per heavy atom. The lowest BCUT2D eigenvalue weighted by molar-refractivity contribution is -0.551. The van der Waals surface area contributed by atoms with Gasteiger partial charge in [0, 0.05) is 37.4 Å². The molecule has 0 bridgehead atoms. The summed E-state index contributed by atoms with van der Waals surface area (Å²) >= 11 is 1.49. The number of hydrogen-bond acceptors (Lipinski definition) is 14. The Balaban J connectivity index is 0.000000184. The minimum atomic E-state index is -1.01. The van der Waals surface area contributed by atoms with Crippen LogP contribution in [0.25, 0.3) is 0 Å². The third-order valence-corrected chi connectivity index (χ3v) is 12.0. The summed E-state index contributed by atoms with van der Waals surface area (Å²) in [6.07, 6.45) is -4.74. The molecule has 2 aromatic carbocycles. The van der Waals surface area contributed by atoms with Gasteiger partial charge in [0.15, 0.2) is 18.9 Å². The van der Waals surface area contributed by atoms with E-state index in [0.717, 1.165) is 21.6 Å². The average Bonchev–Trinajstić information content (AvgIpc) is 3.68.